The Balaban J connectivity index is 2.03. The SMILES string of the molecule is COc1ccc(C(CNC(=O)C(=O)c2ccc(C)cc2)N(C)C)cc1. The fourth-order valence-electron chi connectivity index (χ4n) is 2.53. The standard InChI is InChI=1S/C20H24N2O3/c1-14-5-7-16(8-6-14)19(23)20(24)21-13-18(22(2)3)15-9-11-17(25-4)12-10-15/h5-12,18H,13H2,1-4H3,(H,21,24). The number of amides is 1. The van der Waals surface area contributed by atoms with Crippen molar-refractivity contribution >= 4 is 11.7 Å². The number of Topliss-reactive ketones (excluding diaryl/α,β-unsaturated/α-hetero) is 1. The summed E-state index contributed by atoms with van der Waals surface area (Å²) in [6.45, 7) is 2.28. The van der Waals surface area contributed by atoms with E-state index in [1.54, 1.807) is 19.2 Å². The van der Waals surface area contributed by atoms with E-state index in [4.69, 9.17) is 4.74 Å². The van der Waals surface area contributed by atoms with Gasteiger partial charge < -0.3 is 15.0 Å². The number of nitrogens with one attached hydrogen (secondary N) is 1. The van der Waals surface area contributed by atoms with E-state index in [1.807, 2.05) is 62.3 Å². The van der Waals surface area contributed by atoms with Gasteiger partial charge in [0.25, 0.3) is 5.91 Å². The largest absolute Gasteiger partial charge is 0.497 e. The van der Waals surface area contributed by atoms with Crippen molar-refractivity contribution < 1.29 is 14.3 Å². The highest BCUT2D eigenvalue weighted by Gasteiger charge is 2.20. The van der Waals surface area contributed by atoms with Crippen LogP contribution in [0.1, 0.15) is 27.5 Å². The number of hydrogen-bond acceptors (Lipinski definition) is 4. The number of carbonyl (C=O) groups excluding carboxylic acids is 2. The number of rotatable bonds is 7. The number of benzene rings is 2. The first kappa shape index (κ1) is 18.7. The molecular formula is C20H24N2O3. The van der Waals surface area contributed by atoms with Gasteiger partial charge in [-0.05, 0) is 38.7 Å². The van der Waals surface area contributed by atoms with Crippen LogP contribution < -0.4 is 10.1 Å². The highest BCUT2D eigenvalue weighted by Crippen LogP contribution is 2.20. The first-order valence-corrected chi connectivity index (χ1v) is 8.12. The van der Waals surface area contributed by atoms with Crippen molar-refractivity contribution in [2.24, 2.45) is 0 Å². The Kier molecular flexibility index (Phi) is 6.31. The summed E-state index contributed by atoms with van der Waals surface area (Å²) in [7, 11) is 5.49. The van der Waals surface area contributed by atoms with E-state index in [0.717, 1.165) is 16.9 Å². The summed E-state index contributed by atoms with van der Waals surface area (Å²) in [5.74, 6) is -0.337. The van der Waals surface area contributed by atoms with E-state index >= 15 is 0 Å². The first-order chi connectivity index (χ1) is 11.9. The summed E-state index contributed by atoms with van der Waals surface area (Å²) in [5.41, 5.74) is 2.48. The molecule has 0 bridgehead atoms. The molecule has 0 saturated heterocycles. The second-order valence-electron chi connectivity index (χ2n) is 6.16. The first-order valence-electron chi connectivity index (χ1n) is 8.12. The lowest BCUT2D eigenvalue weighted by Crippen LogP contribution is -2.38. The summed E-state index contributed by atoms with van der Waals surface area (Å²) in [5, 5.41) is 2.74. The number of aryl methyl sites for hydroxylation is 1. The van der Waals surface area contributed by atoms with Gasteiger partial charge in [-0.25, -0.2) is 0 Å². The quantitative estimate of drug-likeness (QED) is 0.622. The van der Waals surface area contributed by atoms with Crippen molar-refractivity contribution in [2.45, 2.75) is 13.0 Å². The Labute approximate surface area is 148 Å². The summed E-state index contributed by atoms with van der Waals surface area (Å²) in [6, 6.07) is 14.6. The molecule has 0 aliphatic heterocycles. The fourth-order valence-corrected chi connectivity index (χ4v) is 2.53. The Morgan fingerprint density at radius 3 is 2.16 bits per heavy atom. The molecule has 0 aliphatic carbocycles. The predicted molar refractivity (Wildman–Crippen MR) is 97.9 cm³/mol. The molecule has 2 aromatic rings. The van der Waals surface area contributed by atoms with Crippen LogP contribution in [0.4, 0.5) is 0 Å². The number of hydrogen-bond donors (Lipinski definition) is 1. The van der Waals surface area contributed by atoms with Crippen LogP contribution in [-0.4, -0.2) is 44.3 Å². The average molecular weight is 340 g/mol. The second kappa shape index (κ2) is 8.44. The lowest BCUT2D eigenvalue weighted by Gasteiger charge is -2.25. The monoisotopic (exact) mass is 340 g/mol. The normalized spacial score (nSPS) is 11.9. The van der Waals surface area contributed by atoms with Gasteiger partial charge in [-0.15, -0.1) is 0 Å². The molecule has 0 fully saturated rings. The third-order valence-corrected chi connectivity index (χ3v) is 4.10. The molecule has 0 heterocycles. The molecule has 0 aromatic heterocycles. The molecule has 1 amide bonds. The third-order valence-electron chi connectivity index (χ3n) is 4.10. The van der Waals surface area contributed by atoms with Crippen LogP contribution in [0.2, 0.25) is 0 Å². The molecule has 0 radical (unpaired) electrons. The zero-order valence-electron chi connectivity index (χ0n) is 15.1. The van der Waals surface area contributed by atoms with Gasteiger partial charge in [0.2, 0.25) is 5.78 Å². The highest BCUT2D eigenvalue weighted by atomic mass is 16.5. The molecule has 1 atom stereocenters. The van der Waals surface area contributed by atoms with Gasteiger partial charge in [-0.3, -0.25) is 9.59 Å². The summed E-state index contributed by atoms with van der Waals surface area (Å²) >= 11 is 0. The zero-order chi connectivity index (χ0) is 18.4. The number of carbonyl (C=O) groups is 2. The minimum Gasteiger partial charge on any atom is -0.497 e. The van der Waals surface area contributed by atoms with E-state index < -0.39 is 11.7 Å². The summed E-state index contributed by atoms with van der Waals surface area (Å²) < 4.78 is 5.17. The van der Waals surface area contributed by atoms with Crippen LogP contribution in [0.25, 0.3) is 0 Å². The lowest BCUT2D eigenvalue weighted by atomic mass is 10.0. The van der Waals surface area contributed by atoms with E-state index in [2.05, 4.69) is 5.32 Å². The third kappa shape index (κ3) is 4.90. The minimum absolute atomic E-state index is 0.0410. The average Bonchev–Trinajstić information content (AvgIpc) is 2.62. The zero-order valence-corrected chi connectivity index (χ0v) is 15.1. The smallest absolute Gasteiger partial charge is 0.292 e. The molecular weight excluding hydrogens is 316 g/mol. The van der Waals surface area contributed by atoms with E-state index in [0.29, 0.717) is 12.1 Å². The molecule has 2 aromatic carbocycles. The van der Waals surface area contributed by atoms with E-state index in [-0.39, 0.29) is 6.04 Å². The number of nitrogens with zero attached hydrogens (tertiary/aromatic N) is 1. The van der Waals surface area contributed by atoms with Gasteiger partial charge in [0.05, 0.1) is 13.2 Å². The lowest BCUT2D eigenvalue weighted by molar-refractivity contribution is -0.117. The van der Waals surface area contributed by atoms with Gasteiger partial charge in [0.15, 0.2) is 0 Å². The Bertz CT molecular complexity index is 722. The fraction of sp³-hybridized carbons (Fsp3) is 0.300. The topological polar surface area (TPSA) is 58.6 Å². The van der Waals surface area contributed by atoms with Gasteiger partial charge >= 0.3 is 0 Å². The maximum Gasteiger partial charge on any atom is 0.292 e. The number of ketones is 1. The minimum atomic E-state index is -0.593. The number of ether oxygens (including phenoxy) is 1. The molecule has 132 valence electrons. The molecule has 1 unspecified atom stereocenters. The summed E-state index contributed by atoms with van der Waals surface area (Å²) in [4.78, 5) is 26.4. The Morgan fingerprint density at radius 1 is 1.04 bits per heavy atom. The molecule has 5 heteroatoms. The molecule has 0 spiro atoms. The van der Waals surface area contributed by atoms with Crippen LogP contribution in [0.3, 0.4) is 0 Å². The summed E-state index contributed by atoms with van der Waals surface area (Å²) in [6.07, 6.45) is 0. The van der Waals surface area contributed by atoms with Crippen LogP contribution in [-0.2, 0) is 4.79 Å². The maximum absolute atomic E-state index is 12.2. The van der Waals surface area contributed by atoms with Gasteiger partial charge in [-0.1, -0.05) is 42.0 Å². The van der Waals surface area contributed by atoms with Crippen LogP contribution in [0, 0.1) is 6.92 Å². The van der Waals surface area contributed by atoms with Crippen LogP contribution in [0.15, 0.2) is 48.5 Å². The van der Waals surface area contributed by atoms with Gasteiger partial charge in [0.1, 0.15) is 5.75 Å². The molecule has 0 saturated carbocycles. The molecule has 1 N–H and O–H groups in total. The van der Waals surface area contributed by atoms with Gasteiger partial charge in [-0.2, -0.15) is 0 Å². The van der Waals surface area contributed by atoms with Crippen molar-refractivity contribution in [3.63, 3.8) is 0 Å². The van der Waals surface area contributed by atoms with Crippen molar-refractivity contribution in [3.05, 3.63) is 65.2 Å². The van der Waals surface area contributed by atoms with Crippen molar-refractivity contribution in [1.82, 2.24) is 10.2 Å². The van der Waals surface area contributed by atoms with Crippen LogP contribution >= 0.6 is 0 Å². The second-order valence-corrected chi connectivity index (χ2v) is 6.16. The molecule has 2 rings (SSSR count). The number of likely N-dealkylation sites (N-methyl/N-ethyl adjacent to an activating group) is 1. The molecule has 0 aliphatic rings. The maximum atomic E-state index is 12.2. The highest BCUT2D eigenvalue weighted by molar-refractivity contribution is 6.42. The number of methoxy groups -OCH3 is 1. The van der Waals surface area contributed by atoms with Gasteiger partial charge in [0, 0.05) is 12.1 Å². The Morgan fingerprint density at radius 2 is 1.64 bits per heavy atom. The predicted octanol–water partition coefficient (Wildman–Crippen LogP) is 2.61. The van der Waals surface area contributed by atoms with E-state index in [1.165, 1.54) is 0 Å². The van der Waals surface area contributed by atoms with Crippen molar-refractivity contribution in [3.8, 4) is 5.75 Å². The Hall–Kier alpha value is -2.66. The van der Waals surface area contributed by atoms with E-state index in [9.17, 15) is 9.59 Å². The van der Waals surface area contributed by atoms with Crippen molar-refractivity contribution in [1.29, 1.82) is 0 Å². The van der Waals surface area contributed by atoms with Crippen LogP contribution in [0.5, 0.6) is 5.75 Å². The molecule has 25 heavy (non-hydrogen) atoms. The van der Waals surface area contributed by atoms with Crippen molar-refractivity contribution in [2.75, 3.05) is 27.7 Å². The molecule has 5 nitrogen and oxygen atoms in total.